The molecule has 2 aromatic rings. The molecule has 0 unspecified atom stereocenters. The minimum absolute atomic E-state index is 0.0227. The van der Waals surface area contributed by atoms with E-state index >= 15 is 0 Å². The molecule has 128 valence electrons. The maximum atomic E-state index is 12.0. The summed E-state index contributed by atoms with van der Waals surface area (Å²) in [6, 6.07) is 5.62. The molecule has 1 heterocycles. The van der Waals surface area contributed by atoms with Gasteiger partial charge in [0.2, 0.25) is 11.8 Å². The molecule has 0 saturated carbocycles. The van der Waals surface area contributed by atoms with Gasteiger partial charge < -0.3 is 10.6 Å². The molecule has 24 heavy (non-hydrogen) atoms. The van der Waals surface area contributed by atoms with Crippen LogP contribution in [0.4, 0.5) is 5.69 Å². The summed E-state index contributed by atoms with van der Waals surface area (Å²) in [6.45, 7) is 4.11. The molecule has 0 spiro atoms. The number of hydrogen-bond donors (Lipinski definition) is 2. The van der Waals surface area contributed by atoms with Gasteiger partial charge in [0.15, 0.2) is 0 Å². The van der Waals surface area contributed by atoms with Crippen molar-refractivity contribution in [1.29, 1.82) is 0 Å². The summed E-state index contributed by atoms with van der Waals surface area (Å²) >= 11 is 0. The number of anilines is 1. The minimum atomic E-state index is -0.0268. The van der Waals surface area contributed by atoms with E-state index in [2.05, 4.69) is 26.2 Å². The van der Waals surface area contributed by atoms with Gasteiger partial charge in [0.05, 0.1) is 5.69 Å². The lowest BCUT2D eigenvalue weighted by molar-refractivity contribution is -0.119. The average molecular weight is 330 g/mol. The highest BCUT2D eigenvalue weighted by molar-refractivity contribution is 5.91. The predicted molar refractivity (Wildman–Crippen MR) is 89.7 cm³/mol. The quantitative estimate of drug-likeness (QED) is 0.716. The van der Waals surface area contributed by atoms with E-state index in [1.54, 1.807) is 4.68 Å². The molecule has 0 fully saturated rings. The van der Waals surface area contributed by atoms with Gasteiger partial charge in [0.25, 0.3) is 0 Å². The molecular weight excluding hydrogens is 308 g/mol. The molecule has 0 aliphatic heterocycles. The maximum Gasteiger partial charge on any atom is 0.224 e. The molecule has 8 nitrogen and oxygen atoms in total. The zero-order chi connectivity index (χ0) is 17.4. The van der Waals surface area contributed by atoms with E-state index in [1.165, 1.54) is 13.3 Å². The van der Waals surface area contributed by atoms with Crippen LogP contribution in [0.3, 0.4) is 0 Å². The highest BCUT2D eigenvalue weighted by atomic mass is 16.2. The number of rotatable bonds is 8. The Bertz CT molecular complexity index is 684. The Morgan fingerprint density at radius 1 is 1.21 bits per heavy atom. The second kappa shape index (κ2) is 8.76. The lowest BCUT2D eigenvalue weighted by Crippen LogP contribution is -2.20. The summed E-state index contributed by atoms with van der Waals surface area (Å²) in [6.07, 6.45) is 4.53. The van der Waals surface area contributed by atoms with Gasteiger partial charge in [0.1, 0.15) is 6.33 Å². The number of nitrogens with zero attached hydrogens (tertiary/aromatic N) is 4. The van der Waals surface area contributed by atoms with Gasteiger partial charge in [-0.05, 0) is 47.9 Å². The standard InChI is InChI=1S/C16H22N6O2/c1-12-7-8-14(10-15(12)22-11-18-20-21-22)19-16(24)6-4-3-5-9-17-13(2)23/h7-8,10-11H,3-6,9H2,1-2H3,(H,17,23)(H,19,24). The van der Waals surface area contributed by atoms with Crippen LogP contribution in [0.5, 0.6) is 0 Å². The molecule has 0 saturated heterocycles. The van der Waals surface area contributed by atoms with Gasteiger partial charge in [0, 0.05) is 25.6 Å². The van der Waals surface area contributed by atoms with Crippen LogP contribution in [-0.2, 0) is 9.59 Å². The van der Waals surface area contributed by atoms with Crippen molar-refractivity contribution in [2.45, 2.75) is 39.5 Å². The normalized spacial score (nSPS) is 10.4. The summed E-state index contributed by atoms with van der Waals surface area (Å²) < 4.78 is 1.56. The third-order valence-corrected chi connectivity index (χ3v) is 3.54. The van der Waals surface area contributed by atoms with Crippen molar-refractivity contribution in [3.05, 3.63) is 30.1 Å². The Hall–Kier alpha value is -2.77. The van der Waals surface area contributed by atoms with Gasteiger partial charge in [-0.1, -0.05) is 12.5 Å². The van der Waals surface area contributed by atoms with Gasteiger partial charge in [-0.2, -0.15) is 0 Å². The van der Waals surface area contributed by atoms with Gasteiger partial charge in [-0.25, -0.2) is 4.68 Å². The van der Waals surface area contributed by atoms with E-state index in [0.29, 0.717) is 18.7 Å². The van der Waals surface area contributed by atoms with Crippen molar-refractivity contribution >= 4 is 17.5 Å². The Kier molecular flexibility index (Phi) is 6.41. The Balaban J connectivity index is 1.80. The molecule has 0 aliphatic carbocycles. The molecule has 2 amide bonds. The van der Waals surface area contributed by atoms with Crippen LogP contribution >= 0.6 is 0 Å². The molecule has 2 N–H and O–H groups in total. The lowest BCUT2D eigenvalue weighted by Gasteiger charge is -2.09. The Morgan fingerprint density at radius 2 is 2.04 bits per heavy atom. The van der Waals surface area contributed by atoms with Crippen molar-refractivity contribution in [1.82, 2.24) is 25.5 Å². The number of aryl methyl sites for hydroxylation is 1. The van der Waals surface area contributed by atoms with Crippen LogP contribution in [0.2, 0.25) is 0 Å². The molecule has 1 aromatic carbocycles. The second-order valence-corrected chi connectivity index (χ2v) is 5.60. The summed E-state index contributed by atoms with van der Waals surface area (Å²) in [5, 5.41) is 16.8. The Labute approximate surface area is 140 Å². The largest absolute Gasteiger partial charge is 0.356 e. The third-order valence-electron chi connectivity index (χ3n) is 3.54. The average Bonchev–Trinajstić information content (AvgIpc) is 3.06. The van der Waals surface area contributed by atoms with Crippen LogP contribution in [0.1, 0.15) is 38.2 Å². The fourth-order valence-corrected chi connectivity index (χ4v) is 2.28. The number of carbonyl (C=O) groups is 2. The summed E-state index contributed by atoms with van der Waals surface area (Å²) in [4.78, 5) is 22.7. The van der Waals surface area contributed by atoms with E-state index in [-0.39, 0.29) is 11.8 Å². The number of amides is 2. The van der Waals surface area contributed by atoms with Crippen molar-refractivity contribution in [3.63, 3.8) is 0 Å². The number of tetrazole rings is 1. The number of aromatic nitrogens is 4. The number of nitrogens with one attached hydrogen (secondary N) is 2. The van der Waals surface area contributed by atoms with Crippen molar-refractivity contribution in [3.8, 4) is 5.69 Å². The topological polar surface area (TPSA) is 102 Å². The van der Waals surface area contributed by atoms with Crippen LogP contribution in [0.25, 0.3) is 5.69 Å². The zero-order valence-electron chi connectivity index (χ0n) is 14.0. The fourth-order valence-electron chi connectivity index (χ4n) is 2.28. The number of benzene rings is 1. The van der Waals surface area contributed by atoms with Crippen LogP contribution in [-0.4, -0.2) is 38.6 Å². The van der Waals surface area contributed by atoms with E-state index < -0.39 is 0 Å². The minimum Gasteiger partial charge on any atom is -0.356 e. The van der Waals surface area contributed by atoms with E-state index in [4.69, 9.17) is 0 Å². The first-order chi connectivity index (χ1) is 11.6. The summed E-state index contributed by atoms with van der Waals surface area (Å²) in [5.74, 6) is -0.0495. The maximum absolute atomic E-state index is 12.0. The third kappa shape index (κ3) is 5.45. The first-order valence-electron chi connectivity index (χ1n) is 7.94. The van der Waals surface area contributed by atoms with Crippen LogP contribution in [0, 0.1) is 6.92 Å². The van der Waals surface area contributed by atoms with Crippen LogP contribution in [0.15, 0.2) is 24.5 Å². The lowest BCUT2D eigenvalue weighted by atomic mass is 10.1. The summed E-state index contributed by atoms with van der Waals surface area (Å²) in [7, 11) is 0. The predicted octanol–water partition coefficient (Wildman–Crippen LogP) is 1.61. The highest BCUT2D eigenvalue weighted by Crippen LogP contribution is 2.18. The molecule has 8 heteroatoms. The number of hydrogen-bond acceptors (Lipinski definition) is 5. The Morgan fingerprint density at radius 3 is 2.75 bits per heavy atom. The highest BCUT2D eigenvalue weighted by Gasteiger charge is 2.07. The SMILES string of the molecule is CC(=O)NCCCCCC(=O)Nc1ccc(C)c(-n2cnnn2)c1. The van der Waals surface area contributed by atoms with Gasteiger partial charge >= 0.3 is 0 Å². The summed E-state index contributed by atoms with van der Waals surface area (Å²) in [5.41, 5.74) is 2.56. The van der Waals surface area contributed by atoms with Gasteiger partial charge in [-0.3, -0.25) is 9.59 Å². The smallest absolute Gasteiger partial charge is 0.224 e. The first-order valence-corrected chi connectivity index (χ1v) is 7.94. The molecule has 1 aromatic heterocycles. The molecule has 2 rings (SSSR count). The number of unbranched alkanes of at least 4 members (excludes halogenated alkanes) is 2. The van der Waals surface area contributed by atoms with Gasteiger partial charge in [-0.15, -0.1) is 5.10 Å². The van der Waals surface area contributed by atoms with Crippen molar-refractivity contribution in [2.24, 2.45) is 0 Å². The van der Waals surface area contributed by atoms with E-state index in [0.717, 1.165) is 30.5 Å². The van der Waals surface area contributed by atoms with E-state index in [9.17, 15) is 9.59 Å². The first kappa shape index (κ1) is 17.6. The molecule has 0 aliphatic rings. The van der Waals surface area contributed by atoms with E-state index in [1.807, 2.05) is 25.1 Å². The molecule has 0 atom stereocenters. The van der Waals surface area contributed by atoms with Crippen molar-refractivity contribution in [2.75, 3.05) is 11.9 Å². The van der Waals surface area contributed by atoms with Crippen LogP contribution < -0.4 is 10.6 Å². The molecule has 0 bridgehead atoms. The second-order valence-electron chi connectivity index (χ2n) is 5.60. The zero-order valence-corrected chi connectivity index (χ0v) is 14.0. The van der Waals surface area contributed by atoms with Crippen molar-refractivity contribution < 1.29 is 9.59 Å². The molecule has 0 radical (unpaired) electrons. The fraction of sp³-hybridized carbons (Fsp3) is 0.438. The monoisotopic (exact) mass is 330 g/mol. The molecular formula is C16H22N6O2. The number of carbonyl (C=O) groups excluding carboxylic acids is 2.